The molecule has 0 aromatic heterocycles. The fourth-order valence-corrected chi connectivity index (χ4v) is 7.24. The zero-order chi connectivity index (χ0) is 28.1. The summed E-state index contributed by atoms with van der Waals surface area (Å²) in [7, 11) is -1.63. The van der Waals surface area contributed by atoms with Crippen molar-refractivity contribution in [3.63, 3.8) is 0 Å². The number of benzene rings is 2. The van der Waals surface area contributed by atoms with E-state index in [1.165, 1.54) is 28.4 Å². The third-order valence-corrected chi connectivity index (χ3v) is 10.5. The second-order valence-corrected chi connectivity index (χ2v) is 13.3. The average Bonchev–Trinajstić information content (AvgIpc) is 2.98. The minimum Gasteiger partial charge on any atom is -0.491 e. The standard InChI is InChI=1S/C26H40N2O9P2/c1-31-38(29,32-2)25-21-11-5-7-13-23(21)36-19-17-35-18-20-37-24-14-8-6-12-22(24)26(39(30,33-3)34-4)28-16-10-9-15-27-25/h5-8,11-14,25-28H,9-10,15-20H2,1-4H3. The molecule has 2 aromatic carbocycles. The highest BCUT2D eigenvalue weighted by Gasteiger charge is 2.38. The lowest BCUT2D eigenvalue weighted by atomic mass is 10.2. The molecule has 0 fully saturated rings. The molecular weight excluding hydrogens is 546 g/mol. The summed E-state index contributed by atoms with van der Waals surface area (Å²) >= 11 is 0. The van der Waals surface area contributed by atoms with E-state index >= 15 is 0 Å². The van der Waals surface area contributed by atoms with E-state index < -0.39 is 26.8 Å². The van der Waals surface area contributed by atoms with E-state index in [0.717, 1.165) is 0 Å². The van der Waals surface area contributed by atoms with Crippen molar-refractivity contribution >= 4 is 15.2 Å². The van der Waals surface area contributed by atoms with Crippen LogP contribution < -0.4 is 20.1 Å². The minimum atomic E-state index is -3.55. The Morgan fingerprint density at radius 1 is 0.641 bits per heavy atom. The van der Waals surface area contributed by atoms with Crippen molar-refractivity contribution in [1.29, 1.82) is 0 Å². The van der Waals surface area contributed by atoms with Gasteiger partial charge in [0.2, 0.25) is 0 Å². The molecule has 1 aliphatic heterocycles. The molecule has 0 bridgehead atoms. The molecule has 218 valence electrons. The molecule has 0 saturated heterocycles. The molecule has 2 atom stereocenters. The van der Waals surface area contributed by atoms with Crippen molar-refractivity contribution in [3.8, 4) is 11.5 Å². The highest BCUT2D eigenvalue weighted by Crippen LogP contribution is 2.60. The van der Waals surface area contributed by atoms with Crippen LogP contribution in [0.15, 0.2) is 48.5 Å². The maximum atomic E-state index is 13.5. The second-order valence-electron chi connectivity index (χ2n) is 8.62. The Kier molecular flexibility index (Phi) is 12.9. The summed E-state index contributed by atoms with van der Waals surface area (Å²) in [5, 5.41) is 6.67. The third-order valence-electron chi connectivity index (χ3n) is 6.33. The maximum absolute atomic E-state index is 13.5. The Labute approximate surface area is 230 Å². The van der Waals surface area contributed by atoms with Crippen LogP contribution in [0, 0.1) is 0 Å². The van der Waals surface area contributed by atoms with E-state index in [4.69, 9.17) is 32.3 Å². The Bertz CT molecular complexity index is 1020. The van der Waals surface area contributed by atoms with Gasteiger partial charge in [0.05, 0.1) is 13.2 Å². The molecule has 3 rings (SSSR count). The van der Waals surface area contributed by atoms with E-state index in [0.29, 0.717) is 61.8 Å². The summed E-state index contributed by atoms with van der Waals surface area (Å²) < 4.78 is 66.1. The van der Waals surface area contributed by atoms with Gasteiger partial charge < -0.3 is 32.3 Å². The summed E-state index contributed by atoms with van der Waals surface area (Å²) in [6.45, 7) is 2.21. The van der Waals surface area contributed by atoms with Crippen LogP contribution in [0.1, 0.15) is 35.5 Å². The van der Waals surface area contributed by atoms with Crippen LogP contribution in [0.5, 0.6) is 11.5 Å². The summed E-state index contributed by atoms with van der Waals surface area (Å²) in [5.41, 5.74) is 1.33. The fraction of sp³-hybridized carbons (Fsp3) is 0.538. The number of rotatable bonds is 6. The van der Waals surface area contributed by atoms with Crippen molar-refractivity contribution in [2.24, 2.45) is 0 Å². The van der Waals surface area contributed by atoms with Gasteiger partial charge in [-0.1, -0.05) is 36.4 Å². The normalized spacial score (nSPS) is 20.7. The van der Waals surface area contributed by atoms with Gasteiger partial charge in [0, 0.05) is 39.6 Å². The predicted octanol–water partition coefficient (Wildman–Crippen LogP) is 5.10. The molecule has 39 heavy (non-hydrogen) atoms. The summed E-state index contributed by atoms with van der Waals surface area (Å²) in [6.07, 6.45) is 1.42. The lowest BCUT2D eigenvalue weighted by Gasteiger charge is -2.28. The molecule has 11 nitrogen and oxygen atoms in total. The highest BCUT2D eigenvalue weighted by atomic mass is 31.2. The van der Waals surface area contributed by atoms with Crippen molar-refractivity contribution in [3.05, 3.63) is 59.7 Å². The number of hydrogen-bond donors (Lipinski definition) is 2. The molecule has 1 aliphatic rings. The summed E-state index contributed by atoms with van der Waals surface area (Å²) in [6, 6.07) is 14.7. The Morgan fingerprint density at radius 3 is 1.41 bits per heavy atom. The van der Waals surface area contributed by atoms with Crippen LogP contribution >= 0.6 is 15.2 Å². The predicted molar refractivity (Wildman–Crippen MR) is 149 cm³/mol. The molecule has 2 N–H and O–H groups in total. The first-order valence-corrected chi connectivity index (χ1v) is 16.0. The minimum absolute atomic E-state index is 0.279. The number of para-hydroxylation sites is 2. The van der Waals surface area contributed by atoms with Gasteiger partial charge in [-0.15, -0.1) is 0 Å². The van der Waals surface area contributed by atoms with E-state index in [-0.39, 0.29) is 13.2 Å². The number of ether oxygens (including phenoxy) is 3. The van der Waals surface area contributed by atoms with Gasteiger partial charge in [0.1, 0.15) is 36.3 Å². The fourth-order valence-electron chi connectivity index (χ4n) is 4.28. The first kappa shape index (κ1) is 31.7. The molecular formula is C26H40N2O9P2. The quantitative estimate of drug-likeness (QED) is 0.440. The van der Waals surface area contributed by atoms with Crippen LogP contribution in [0.3, 0.4) is 0 Å². The van der Waals surface area contributed by atoms with Crippen molar-refractivity contribution < 1.29 is 41.4 Å². The monoisotopic (exact) mass is 586 g/mol. The molecule has 2 aromatic rings. The molecule has 0 saturated carbocycles. The molecule has 0 aliphatic carbocycles. The van der Waals surface area contributed by atoms with Gasteiger partial charge in [-0.25, -0.2) is 0 Å². The lowest BCUT2D eigenvalue weighted by molar-refractivity contribution is 0.0758. The van der Waals surface area contributed by atoms with Crippen LogP contribution in [0.25, 0.3) is 0 Å². The molecule has 0 spiro atoms. The van der Waals surface area contributed by atoms with Crippen LogP contribution in [0.4, 0.5) is 0 Å². The third kappa shape index (κ3) is 8.36. The smallest absolute Gasteiger partial charge is 0.351 e. The van der Waals surface area contributed by atoms with Gasteiger partial charge in [-0.2, -0.15) is 0 Å². The number of fused-ring (bicyclic) bond motifs is 2. The highest BCUT2D eigenvalue weighted by molar-refractivity contribution is 7.54. The van der Waals surface area contributed by atoms with E-state index in [1.54, 1.807) is 0 Å². The lowest BCUT2D eigenvalue weighted by Crippen LogP contribution is -2.27. The molecule has 0 radical (unpaired) electrons. The molecule has 2 unspecified atom stereocenters. The second kappa shape index (κ2) is 15.9. The molecule has 1 heterocycles. The molecule has 13 heteroatoms. The molecule has 0 amide bonds. The summed E-state index contributed by atoms with van der Waals surface area (Å²) in [5.74, 6) is -0.351. The number of nitrogens with one attached hydrogen (secondary N) is 2. The van der Waals surface area contributed by atoms with Crippen molar-refractivity contribution in [1.82, 2.24) is 10.6 Å². The van der Waals surface area contributed by atoms with Gasteiger partial charge >= 0.3 is 15.2 Å². The van der Waals surface area contributed by atoms with Gasteiger partial charge in [0.25, 0.3) is 0 Å². The zero-order valence-electron chi connectivity index (χ0n) is 23.0. The SMILES string of the molecule is COP(=O)(OC)C1NCCCCNC(P(=O)(OC)OC)c2ccccc2OCCOCCOc2ccccc21. The van der Waals surface area contributed by atoms with Gasteiger partial charge in [0.15, 0.2) is 0 Å². The van der Waals surface area contributed by atoms with E-state index in [2.05, 4.69) is 10.6 Å². The largest absolute Gasteiger partial charge is 0.491 e. The van der Waals surface area contributed by atoms with Gasteiger partial charge in [-0.3, -0.25) is 19.8 Å². The van der Waals surface area contributed by atoms with Crippen molar-refractivity contribution in [2.75, 3.05) is 68.0 Å². The van der Waals surface area contributed by atoms with E-state index in [1.807, 2.05) is 48.5 Å². The Morgan fingerprint density at radius 2 is 1.03 bits per heavy atom. The van der Waals surface area contributed by atoms with Crippen molar-refractivity contribution in [2.45, 2.75) is 24.4 Å². The van der Waals surface area contributed by atoms with Gasteiger partial charge in [-0.05, 0) is 38.1 Å². The topological polar surface area (TPSA) is 123 Å². The first-order chi connectivity index (χ1) is 18.9. The van der Waals surface area contributed by atoms with E-state index in [9.17, 15) is 9.13 Å². The van der Waals surface area contributed by atoms with Crippen LogP contribution in [-0.2, 0) is 32.0 Å². The van der Waals surface area contributed by atoms with Crippen LogP contribution in [-0.4, -0.2) is 68.0 Å². The Balaban J connectivity index is 1.85. The number of hydrogen-bond acceptors (Lipinski definition) is 11. The maximum Gasteiger partial charge on any atom is 0.351 e. The van der Waals surface area contributed by atoms with Crippen LogP contribution in [0.2, 0.25) is 0 Å². The zero-order valence-corrected chi connectivity index (χ0v) is 24.8. The summed E-state index contributed by atoms with van der Waals surface area (Å²) in [4.78, 5) is 0. The first-order valence-electron chi connectivity index (χ1n) is 12.8. The Hall–Kier alpha value is -1.78. The average molecular weight is 587 g/mol.